The predicted octanol–water partition coefficient (Wildman–Crippen LogP) is 1.17. The van der Waals surface area contributed by atoms with E-state index in [1.54, 1.807) is 24.3 Å². The van der Waals surface area contributed by atoms with Crippen LogP contribution in [0.15, 0.2) is 24.3 Å². The van der Waals surface area contributed by atoms with Gasteiger partial charge in [-0.25, -0.2) is 0 Å². The van der Waals surface area contributed by atoms with Gasteiger partial charge in [-0.05, 0) is 43.5 Å². The summed E-state index contributed by atoms with van der Waals surface area (Å²) in [6.45, 7) is 0.315. The monoisotopic (exact) mass is 290 g/mol. The highest BCUT2D eigenvalue weighted by molar-refractivity contribution is 5.98. The average molecular weight is 290 g/mol. The van der Waals surface area contributed by atoms with Gasteiger partial charge >= 0.3 is 5.97 Å². The first-order valence-corrected chi connectivity index (χ1v) is 6.97. The molecule has 0 radical (unpaired) electrons. The lowest BCUT2D eigenvalue weighted by Gasteiger charge is -2.06. The summed E-state index contributed by atoms with van der Waals surface area (Å²) in [4.78, 5) is 33.9. The molecule has 112 valence electrons. The lowest BCUT2D eigenvalue weighted by molar-refractivity contribution is -0.137. The van der Waals surface area contributed by atoms with Crippen molar-refractivity contribution in [3.8, 4) is 0 Å². The van der Waals surface area contributed by atoms with Gasteiger partial charge in [-0.2, -0.15) is 0 Å². The van der Waals surface area contributed by atoms with Crippen LogP contribution in [0.4, 0.5) is 0 Å². The highest BCUT2D eigenvalue weighted by Gasteiger charge is 2.23. The number of hydrogen-bond acceptors (Lipinski definition) is 3. The van der Waals surface area contributed by atoms with Gasteiger partial charge in [0, 0.05) is 30.1 Å². The predicted molar refractivity (Wildman–Crippen MR) is 76.1 cm³/mol. The molecule has 1 aromatic rings. The number of carboxylic acid groups (broad SMARTS) is 1. The van der Waals surface area contributed by atoms with Crippen LogP contribution in [0, 0.1) is 0 Å². The van der Waals surface area contributed by atoms with E-state index in [1.165, 1.54) is 0 Å². The molecule has 0 aromatic heterocycles. The summed E-state index contributed by atoms with van der Waals surface area (Å²) in [5.74, 6) is -1.27. The molecule has 2 amide bonds. The number of aliphatic carboxylic acids is 1. The third-order valence-corrected chi connectivity index (χ3v) is 3.17. The molecule has 2 rings (SSSR count). The zero-order valence-electron chi connectivity index (χ0n) is 11.6. The van der Waals surface area contributed by atoms with Crippen LogP contribution in [0.5, 0.6) is 0 Å². The van der Waals surface area contributed by atoms with Gasteiger partial charge in [0.25, 0.3) is 11.8 Å². The van der Waals surface area contributed by atoms with Crippen molar-refractivity contribution in [2.24, 2.45) is 0 Å². The smallest absolute Gasteiger partial charge is 0.303 e. The molecule has 0 saturated heterocycles. The van der Waals surface area contributed by atoms with E-state index in [-0.39, 0.29) is 18.2 Å². The molecule has 0 heterocycles. The third-order valence-electron chi connectivity index (χ3n) is 3.17. The van der Waals surface area contributed by atoms with Crippen molar-refractivity contribution in [3.63, 3.8) is 0 Å². The zero-order chi connectivity index (χ0) is 15.2. The van der Waals surface area contributed by atoms with E-state index in [0.29, 0.717) is 30.1 Å². The molecule has 3 N–H and O–H groups in total. The first kappa shape index (κ1) is 15.0. The highest BCUT2D eigenvalue weighted by Crippen LogP contribution is 2.19. The highest BCUT2D eigenvalue weighted by atomic mass is 16.4. The Labute approximate surface area is 122 Å². The number of hydrogen-bond donors (Lipinski definition) is 3. The molecule has 1 aromatic carbocycles. The Morgan fingerprint density at radius 3 is 2.14 bits per heavy atom. The van der Waals surface area contributed by atoms with E-state index in [9.17, 15) is 14.4 Å². The summed E-state index contributed by atoms with van der Waals surface area (Å²) in [6.07, 6.45) is 2.48. The molecule has 0 unspecified atom stereocenters. The van der Waals surface area contributed by atoms with E-state index in [0.717, 1.165) is 12.8 Å². The molecule has 0 spiro atoms. The molecule has 6 nitrogen and oxygen atoms in total. The summed E-state index contributed by atoms with van der Waals surface area (Å²) in [7, 11) is 0. The van der Waals surface area contributed by atoms with Gasteiger partial charge in [-0.1, -0.05) is 0 Å². The molecule has 1 fully saturated rings. The second-order valence-corrected chi connectivity index (χ2v) is 5.08. The maximum Gasteiger partial charge on any atom is 0.303 e. The van der Waals surface area contributed by atoms with E-state index in [1.807, 2.05) is 0 Å². The standard InChI is InChI=1S/C15H18N2O4/c18-13(19)2-1-9-16-14(20)10-3-5-11(6-4-10)15(21)17-12-7-8-12/h3-6,12H,1-2,7-9H2,(H,16,20)(H,17,21)(H,18,19). The van der Waals surface area contributed by atoms with Gasteiger partial charge in [0.1, 0.15) is 0 Å². The van der Waals surface area contributed by atoms with Crippen LogP contribution in [0.25, 0.3) is 0 Å². The quantitative estimate of drug-likeness (QED) is 0.657. The number of carbonyl (C=O) groups is 3. The molecule has 0 bridgehead atoms. The molecule has 1 aliphatic carbocycles. The molecule has 0 aliphatic heterocycles. The number of amides is 2. The summed E-state index contributed by atoms with van der Waals surface area (Å²) in [5.41, 5.74) is 0.984. The average Bonchev–Trinajstić information content (AvgIpc) is 3.27. The Hall–Kier alpha value is -2.37. The van der Waals surface area contributed by atoms with E-state index in [2.05, 4.69) is 10.6 Å². The van der Waals surface area contributed by atoms with Crippen molar-refractivity contribution in [2.75, 3.05) is 6.54 Å². The lowest BCUT2D eigenvalue weighted by atomic mass is 10.1. The van der Waals surface area contributed by atoms with Crippen LogP contribution in [0.3, 0.4) is 0 Å². The Bertz CT molecular complexity index is 535. The SMILES string of the molecule is O=C(O)CCCNC(=O)c1ccc(C(=O)NC2CC2)cc1. The van der Waals surface area contributed by atoms with Gasteiger partial charge in [-0.3, -0.25) is 14.4 Å². The molecular weight excluding hydrogens is 272 g/mol. The van der Waals surface area contributed by atoms with E-state index >= 15 is 0 Å². The molecular formula is C15H18N2O4. The Morgan fingerprint density at radius 1 is 1.05 bits per heavy atom. The fourth-order valence-electron chi connectivity index (χ4n) is 1.81. The second-order valence-electron chi connectivity index (χ2n) is 5.08. The summed E-state index contributed by atoms with van der Waals surface area (Å²) in [5, 5.41) is 14.0. The maximum atomic E-state index is 11.8. The van der Waals surface area contributed by atoms with Crippen molar-refractivity contribution in [3.05, 3.63) is 35.4 Å². The third kappa shape index (κ3) is 4.91. The van der Waals surface area contributed by atoms with Gasteiger partial charge < -0.3 is 15.7 Å². The van der Waals surface area contributed by atoms with Crippen molar-refractivity contribution < 1.29 is 19.5 Å². The fraction of sp³-hybridized carbons (Fsp3) is 0.400. The Morgan fingerprint density at radius 2 is 1.62 bits per heavy atom. The molecule has 21 heavy (non-hydrogen) atoms. The molecule has 1 saturated carbocycles. The van der Waals surface area contributed by atoms with E-state index in [4.69, 9.17) is 5.11 Å². The zero-order valence-corrected chi connectivity index (χ0v) is 11.6. The normalized spacial score (nSPS) is 13.5. The van der Waals surface area contributed by atoms with Crippen LogP contribution in [-0.2, 0) is 4.79 Å². The Kier molecular flexibility index (Phi) is 4.92. The lowest BCUT2D eigenvalue weighted by Crippen LogP contribution is -2.26. The minimum atomic E-state index is -0.879. The minimum absolute atomic E-state index is 0.0283. The van der Waals surface area contributed by atoms with Gasteiger partial charge in [-0.15, -0.1) is 0 Å². The van der Waals surface area contributed by atoms with Crippen LogP contribution >= 0.6 is 0 Å². The second kappa shape index (κ2) is 6.88. The number of carboxylic acids is 1. The van der Waals surface area contributed by atoms with Gasteiger partial charge in [0.2, 0.25) is 0 Å². The molecule has 1 aliphatic rings. The first-order chi connectivity index (χ1) is 10.1. The van der Waals surface area contributed by atoms with Crippen molar-refractivity contribution in [1.82, 2.24) is 10.6 Å². The number of nitrogens with one attached hydrogen (secondary N) is 2. The fourth-order valence-corrected chi connectivity index (χ4v) is 1.81. The largest absolute Gasteiger partial charge is 0.481 e. The van der Waals surface area contributed by atoms with Crippen molar-refractivity contribution in [1.29, 1.82) is 0 Å². The Balaban J connectivity index is 1.81. The van der Waals surface area contributed by atoms with Crippen molar-refractivity contribution in [2.45, 2.75) is 31.7 Å². The topological polar surface area (TPSA) is 95.5 Å². The van der Waals surface area contributed by atoms with Gasteiger partial charge in [0.05, 0.1) is 0 Å². The minimum Gasteiger partial charge on any atom is -0.481 e. The summed E-state index contributed by atoms with van der Waals surface area (Å²) >= 11 is 0. The number of benzene rings is 1. The number of carbonyl (C=O) groups excluding carboxylic acids is 2. The van der Waals surface area contributed by atoms with Crippen LogP contribution in [0.2, 0.25) is 0 Å². The van der Waals surface area contributed by atoms with Gasteiger partial charge in [0.15, 0.2) is 0 Å². The van der Waals surface area contributed by atoms with E-state index < -0.39 is 5.97 Å². The van der Waals surface area contributed by atoms with Crippen LogP contribution < -0.4 is 10.6 Å². The first-order valence-electron chi connectivity index (χ1n) is 6.97. The molecule has 6 heteroatoms. The summed E-state index contributed by atoms with van der Waals surface area (Å²) in [6, 6.07) is 6.71. The maximum absolute atomic E-state index is 11.8. The van der Waals surface area contributed by atoms with Crippen molar-refractivity contribution >= 4 is 17.8 Å². The van der Waals surface area contributed by atoms with Crippen LogP contribution in [0.1, 0.15) is 46.4 Å². The molecule has 0 atom stereocenters. The summed E-state index contributed by atoms with van der Waals surface area (Å²) < 4.78 is 0. The number of rotatable bonds is 7. The van der Waals surface area contributed by atoms with Crippen LogP contribution in [-0.4, -0.2) is 35.5 Å².